The predicted octanol–water partition coefficient (Wildman–Crippen LogP) is 2.36. The number of likely N-dealkylation sites (tertiary alicyclic amines) is 1. The fourth-order valence-corrected chi connectivity index (χ4v) is 3.68. The molecule has 2 aliphatic rings. The summed E-state index contributed by atoms with van der Waals surface area (Å²) in [5, 5.41) is 0. The van der Waals surface area contributed by atoms with E-state index in [0.29, 0.717) is 17.6 Å². The van der Waals surface area contributed by atoms with Gasteiger partial charge in [-0.1, -0.05) is 12.1 Å². The second kappa shape index (κ2) is 4.95. The van der Waals surface area contributed by atoms with E-state index in [0.717, 1.165) is 18.7 Å². The van der Waals surface area contributed by atoms with E-state index in [1.54, 1.807) is 12.1 Å². The summed E-state index contributed by atoms with van der Waals surface area (Å²) in [6.07, 6.45) is 1.24. The number of benzene rings is 1. The molecule has 4 rings (SSSR count). The molecule has 2 aromatic rings. The lowest BCUT2D eigenvalue weighted by Gasteiger charge is -2.33. The Bertz CT molecular complexity index is 698. The average Bonchev–Trinajstić information content (AvgIpc) is 3.07. The SMILES string of the molecule is CN1C[C@@H]2C[C@H]1CN2c1ccc(-c2ccc(N)nc2F)cc1. The van der Waals surface area contributed by atoms with Gasteiger partial charge in [-0.25, -0.2) is 4.98 Å². The Hall–Kier alpha value is -2.14. The summed E-state index contributed by atoms with van der Waals surface area (Å²) in [6.45, 7) is 2.21. The molecule has 0 spiro atoms. The Morgan fingerprint density at radius 2 is 1.86 bits per heavy atom. The smallest absolute Gasteiger partial charge is 0.222 e. The van der Waals surface area contributed by atoms with Crippen LogP contribution in [0.15, 0.2) is 36.4 Å². The molecule has 4 nitrogen and oxygen atoms in total. The quantitative estimate of drug-likeness (QED) is 0.865. The van der Waals surface area contributed by atoms with Crippen LogP contribution >= 0.6 is 0 Å². The van der Waals surface area contributed by atoms with Crippen molar-refractivity contribution >= 4 is 11.5 Å². The van der Waals surface area contributed by atoms with Crippen LogP contribution in [0.4, 0.5) is 15.9 Å². The largest absolute Gasteiger partial charge is 0.384 e. The van der Waals surface area contributed by atoms with Gasteiger partial charge in [-0.3, -0.25) is 4.90 Å². The topological polar surface area (TPSA) is 45.4 Å². The summed E-state index contributed by atoms with van der Waals surface area (Å²) in [5.41, 5.74) is 8.03. The van der Waals surface area contributed by atoms with E-state index < -0.39 is 5.95 Å². The molecule has 0 aliphatic carbocycles. The summed E-state index contributed by atoms with van der Waals surface area (Å²) in [4.78, 5) is 8.58. The highest BCUT2D eigenvalue weighted by Crippen LogP contribution is 2.34. The van der Waals surface area contributed by atoms with E-state index in [9.17, 15) is 4.39 Å². The normalized spacial score (nSPS) is 24.2. The van der Waals surface area contributed by atoms with Crippen LogP contribution in [-0.4, -0.2) is 42.1 Å². The predicted molar refractivity (Wildman–Crippen MR) is 86.2 cm³/mol. The molecular formula is C17H19FN4. The van der Waals surface area contributed by atoms with Gasteiger partial charge in [0.1, 0.15) is 5.82 Å². The van der Waals surface area contributed by atoms with Crippen molar-refractivity contribution in [2.24, 2.45) is 0 Å². The van der Waals surface area contributed by atoms with Gasteiger partial charge in [0, 0.05) is 36.4 Å². The van der Waals surface area contributed by atoms with Crippen molar-refractivity contribution in [1.82, 2.24) is 9.88 Å². The Balaban J connectivity index is 1.59. The minimum atomic E-state index is -0.519. The van der Waals surface area contributed by atoms with Crippen LogP contribution in [0.1, 0.15) is 6.42 Å². The molecule has 0 radical (unpaired) electrons. The highest BCUT2D eigenvalue weighted by molar-refractivity contribution is 5.67. The van der Waals surface area contributed by atoms with Gasteiger partial charge < -0.3 is 10.6 Å². The number of piperazine rings is 1. The van der Waals surface area contributed by atoms with Gasteiger partial charge in [0.2, 0.25) is 5.95 Å². The monoisotopic (exact) mass is 298 g/mol. The van der Waals surface area contributed by atoms with Gasteiger partial charge in [-0.2, -0.15) is 4.39 Å². The number of fused-ring (bicyclic) bond motifs is 2. The van der Waals surface area contributed by atoms with E-state index in [1.807, 2.05) is 12.1 Å². The molecule has 2 N–H and O–H groups in total. The van der Waals surface area contributed by atoms with Gasteiger partial charge >= 0.3 is 0 Å². The van der Waals surface area contributed by atoms with Crippen LogP contribution in [0.2, 0.25) is 0 Å². The third-order valence-corrected chi connectivity index (χ3v) is 4.89. The lowest BCUT2D eigenvalue weighted by atomic mass is 10.1. The third kappa shape index (κ3) is 2.13. The first-order valence-corrected chi connectivity index (χ1v) is 7.61. The standard InChI is InChI=1S/C17H19FN4/c1-21-9-14-8-13(21)10-22(14)12-4-2-11(3-5-12)15-6-7-16(19)20-17(15)18/h2-7,13-14H,8-10H2,1H3,(H2,19,20)/t13-,14-/m0/s1. The highest BCUT2D eigenvalue weighted by atomic mass is 19.1. The van der Waals surface area contributed by atoms with Crippen molar-refractivity contribution in [1.29, 1.82) is 0 Å². The van der Waals surface area contributed by atoms with Gasteiger partial charge in [0.05, 0.1) is 0 Å². The van der Waals surface area contributed by atoms with E-state index in [2.05, 4.69) is 34.0 Å². The minimum absolute atomic E-state index is 0.204. The molecule has 22 heavy (non-hydrogen) atoms. The van der Waals surface area contributed by atoms with Crippen LogP contribution < -0.4 is 10.6 Å². The molecule has 2 atom stereocenters. The second-order valence-corrected chi connectivity index (χ2v) is 6.26. The van der Waals surface area contributed by atoms with Gasteiger partial charge in [0.25, 0.3) is 0 Å². The number of rotatable bonds is 2. The van der Waals surface area contributed by atoms with Gasteiger partial charge in [-0.05, 0) is 43.3 Å². The Morgan fingerprint density at radius 3 is 2.45 bits per heavy atom. The molecule has 5 heteroatoms. The molecule has 2 fully saturated rings. The molecule has 114 valence electrons. The number of hydrogen-bond donors (Lipinski definition) is 1. The summed E-state index contributed by atoms with van der Waals surface area (Å²) in [5.74, 6) is -0.315. The molecule has 2 bridgehead atoms. The molecule has 0 saturated carbocycles. The van der Waals surface area contributed by atoms with Crippen molar-refractivity contribution in [3.05, 3.63) is 42.3 Å². The molecule has 2 aliphatic heterocycles. The van der Waals surface area contributed by atoms with Gasteiger partial charge in [-0.15, -0.1) is 0 Å². The van der Waals surface area contributed by atoms with Crippen molar-refractivity contribution in [2.45, 2.75) is 18.5 Å². The molecular weight excluding hydrogens is 279 g/mol. The number of aromatic nitrogens is 1. The Labute approximate surface area is 129 Å². The van der Waals surface area contributed by atoms with Crippen LogP contribution in [0.3, 0.4) is 0 Å². The summed E-state index contributed by atoms with van der Waals surface area (Å²) in [7, 11) is 2.20. The molecule has 0 unspecified atom stereocenters. The Kier molecular flexibility index (Phi) is 3.04. The molecule has 2 saturated heterocycles. The first-order valence-electron chi connectivity index (χ1n) is 7.61. The number of nitrogens with two attached hydrogens (primary N) is 1. The fourth-order valence-electron chi connectivity index (χ4n) is 3.68. The number of halogens is 1. The first kappa shape index (κ1) is 13.5. The molecule has 1 aromatic carbocycles. The second-order valence-electron chi connectivity index (χ2n) is 6.26. The number of likely N-dealkylation sites (N-methyl/N-ethyl adjacent to an activating group) is 1. The zero-order valence-corrected chi connectivity index (χ0v) is 12.5. The fraction of sp³-hybridized carbons (Fsp3) is 0.353. The van der Waals surface area contributed by atoms with E-state index >= 15 is 0 Å². The summed E-state index contributed by atoms with van der Waals surface area (Å²) in [6, 6.07) is 12.7. The minimum Gasteiger partial charge on any atom is -0.384 e. The lowest BCUT2D eigenvalue weighted by Crippen LogP contribution is -2.44. The maximum atomic E-state index is 13.9. The average molecular weight is 298 g/mol. The van der Waals surface area contributed by atoms with Crippen molar-refractivity contribution in [2.75, 3.05) is 30.8 Å². The van der Waals surface area contributed by atoms with E-state index in [-0.39, 0.29) is 5.82 Å². The third-order valence-electron chi connectivity index (χ3n) is 4.89. The maximum Gasteiger partial charge on any atom is 0.222 e. The highest BCUT2D eigenvalue weighted by Gasteiger charge is 2.41. The summed E-state index contributed by atoms with van der Waals surface area (Å²) >= 11 is 0. The maximum absolute atomic E-state index is 13.9. The zero-order chi connectivity index (χ0) is 15.3. The van der Waals surface area contributed by atoms with Crippen molar-refractivity contribution in [3.8, 4) is 11.1 Å². The van der Waals surface area contributed by atoms with Gasteiger partial charge in [0.15, 0.2) is 0 Å². The Morgan fingerprint density at radius 1 is 1.09 bits per heavy atom. The molecule has 0 amide bonds. The van der Waals surface area contributed by atoms with Crippen LogP contribution in [-0.2, 0) is 0 Å². The first-order chi connectivity index (χ1) is 10.6. The lowest BCUT2D eigenvalue weighted by molar-refractivity contribution is 0.292. The van der Waals surface area contributed by atoms with Crippen LogP contribution in [0, 0.1) is 5.95 Å². The number of hydrogen-bond acceptors (Lipinski definition) is 4. The van der Waals surface area contributed by atoms with Crippen molar-refractivity contribution < 1.29 is 4.39 Å². The summed E-state index contributed by atoms with van der Waals surface area (Å²) < 4.78 is 13.9. The van der Waals surface area contributed by atoms with E-state index in [4.69, 9.17) is 5.73 Å². The van der Waals surface area contributed by atoms with Crippen LogP contribution in [0.25, 0.3) is 11.1 Å². The van der Waals surface area contributed by atoms with Crippen molar-refractivity contribution in [3.63, 3.8) is 0 Å². The zero-order valence-electron chi connectivity index (χ0n) is 12.5. The van der Waals surface area contributed by atoms with Crippen LogP contribution in [0.5, 0.6) is 0 Å². The number of pyridine rings is 1. The molecule has 1 aromatic heterocycles. The van der Waals surface area contributed by atoms with E-state index in [1.165, 1.54) is 12.1 Å². The number of anilines is 2. The molecule has 3 heterocycles. The number of nitrogens with zero attached hydrogens (tertiary/aromatic N) is 3. The number of nitrogen functional groups attached to an aromatic ring is 1.